The van der Waals surface area contributed by atoms with Crippen LogP contribution >= 0.6 is 0 Å². The summed E-state index contributed by atoms with van der Waals surface area (Å²) in [4.78, 5) is 12.1. The van der Waals surface area contributed by atoms with Crippen LogP contribution < -0.4 is 10.8 Å². The maximum atomic E-state index is 12.1. The van der Waals surface area contributed by atoms with Crippen molar-refractivity contribution < 1.29 is 14.1 Å². The summed E-state index contributed by atoms with van der Waals surface area (Å²) in [5.74, 6) is 2.24. The van der Waals surface area contributed by atoms with Gasteiger partial charge in [-0.3, -0.25) is 4.79 Å². The number of hydrogen-bond acceptors (Lipinski definition) is 3. The average molecular weight is 473 g/mol. The molecule has 5 aliphatic rings. The number of anilines is 1. The molecule has 1 aromatic carbocycles. The molecule has 1 N–H and O–H groups in total. The second-order valence-electron chi connectivity index (χ2n) is 12.5. The predicted molar refractivity (Wildman–Crippen MR) is 141 cm³/mol. The lowest BCUT2D eigenvalue weighted by molar-refractivity contribution is -0.112. The molecule has 0 bridgehead atoms. The molecule has 4 aliphatic carbocycles. The smallest absolute Gasteiger partial charge is 0.404 e. The number of fused-ring (bicyclic) bond motifs is 6. The molecule has 5 heteroatoms. The van der Waals surface area contributed by atoms with Crippen LogP contribution in [0.25, 0.3) is 0 Å². The van der Waals surface area contributed by atoms with Crippen LogP contribution in [0.5, 0.6) is 0 Å². The van der Waals surface area contributed by atoms with Gasteiger partial charge in [0.1, 0.15) is 0 Å². The Bertz CT molecular complexity index is 1080. The highest BCUT2D eigenvalue weighted by atomic mass is 16.6. The highest BCUT2D eigenvalue weighted by molar-refractivity contribution is 6.63. The number of carbonyl (C=O) groups is 1. The summed E-state index contributed by atoms with van der Waals surface area (Å²) < 4.78 is 13.0. The van der Waals surface area contributed by atoms with Crippen molar-refractivity contribution >= 4 is 24.2 Å². The van der Waals surface area contributed by atoms with Crippen LogP contribution in [-0.2, 0) is 20.7 Å². The lowest BCUT2D eigenvalue weighted by Crippen LogP contribution is -2.51. The molecular formula is C30H40BNO3. The van der Waals surface area contributed by atoms with E-state index in [1.807, 2.05) is 18.2 Å². The second-order valence-corrected chi connectivity index (χ2v) is 12.5. The molecule has 6 rings (SSSR count). The molecule has 3 fully saturated rings. The van der Waals surface area contributed by atoms with Gasteiger partial charge in [0.2, 0.25) is 0 Å². The van der Waals surface area contributed by atoms with Crippen molar-refractivity contribution in [2.45, 2.75) is 91.3 Å². The van der Waals surface area contributed by atoms with Gasteiger partial charge in [-0.05, 0) is 110 Å². The topological polar surface area (TPSA) is 47.6 Å². The Kier molecular flexibility index (Phi) is 5.80. The number of nitrogens with one attached hydrogen (secondary N) is 1. The van der Waals surface area contributed by atoms with Crippen molar-refractivity contribution in [3.63, 3.8) is 0 Å². The van der Waals surface area contributed by atoms with E-state index in [-0.39, 0.29) is 24.5 Å². The number of carbonyl (C=O) groups excluding carboxylic acids is 1. The van der Waals surface area contributed by atoms with E-state index in [4.69, 9.17) is 9.31 Å². The molecule has 0 saturated heterocycles. The minimum absolute atomic E-state index is 0.152. The van der Waals surface area contributed by atoms with Gasteiger partial charge >= 0.3 is 7.12 Å². The second kappa shape index (κ2) is 8.62. The van der Waals surface area contributed by atoms with Crippen LogP contribution in [0.15, 0.2) is 42.0 Å². The summed E-state index contributed by atoms with van der Waals surface area (Å²) in [5.41, 5.74) is 5.94. The van der Waals surface area contributed by atoms with E-state index in [0.29, 0.717) is 17.6 Å². The van der Waals surface area contributed by atoms with Crippen molar-refractivity contribution in [1.29, 1.82) is 0 Å². The van der Waals surface area contributed by atoms with E-state index in [1.54, 1.807) is 12.5 Å². The Balaban J connectivity index is 1.20. The minimum Gasteiger partial charge on any atom is -0.404 e. The normalized spacial score (nSPS) is 37.6. The van der Waals surface area contributed by atoms with E-state index in [9.17, 15) is 4.79 Å². The molecule has 6 atom stereocenters. The lowest BCUT2D eigenvalue weighted by Gasteiger charge is -2.57. The first-order valence-electron chi connectivity index (χ1n) is 13.9. The van der Waals surface area contributed by atoms with Crippen molar-refractivity contribution in [1.82, 2.24) is 0 Å². The molecule has 0 radical (unpaired) electrons. The Morgan fingerprint density at radius 2 is 2.03 bits per heavy atom. The van der Waals surface area contributed by atoms with Gasteiger partial charge in [-0.1, -0.05) is 44.6 Å². The van der Waals surface area contributed by atoms with Crippen LogP contribution in [0.3, 0.4) is 0 Å². The Hall–Kier alpha value is -1.85. The molecule has 1 aliphatic heterocycles. The Morgan fingerprint density at radius 3 is 2.86 bits per heavy atom. The fourth-order valence-electron chi connectivity index (χ4n) is 8.65. The quantitative estimate of drug-likeness (QED) is 0.324. The van der Waals surface area contributed by atoms with Gasteiger partial charge in [0, 0.05) is 17.4 Å². The fraction of sp³-hybridized carbons (Fsp3) is 0.633. The summed E-state index contributed by atoms with van der Waals surface area (Å²) in [7, 11) is -0.348. The van der Waals surface area contributed by atoms with E-state index in [2.05, 4.69) is 31.8 Å². The SMILES string of the molecule is C=C(C)C(=O)Nc1ccc2c(c1)B(O[C@H]1CC[C@H]3[C@@H]4CC=C5CCCC[C@]5(C)[C@H]4CC[C@]13C)OC2. The molecule has 3 saturated carbocycles. The Morgan fingerprint density at radius 1 is 1.17 bits per heavy atom. The highest BCUT2D eigenvalue weighted by Crippen LogP contribution is 2.65. The van der Waals surface area contributed by atoms with Gasteiger partial charge in [-0.25, -0.2) is 0 Å². The number of allylic oxidation sites excluding steroid dienone is 2. The third-order valence-corrected chi connectivity index (χ3v) is 10.7. The van der Waals surface area contributed by atoms with Crippen molar-refractivity contribution in [2.24, 2.45) is 28.6 Å². The zero-order valence-electron chi connectivity index (χ0n) is 21.7. The van der Waals surface area contributed by atoms with E-state index in [1.165, 1.54) is 51.4 Å². The predicted octanol–water partition coefficient (Wildman–Crippen LogP) is 6.16. The van der Waals surface area contributed by atoms with Crippen molar-refractivity contribution in [3.05, 3.63) is 47.6 Å². The molecule has 186 valence electrons. The standard InChI is InChI=1S/C30H40BNO3/c1-19(2)28(33)32-22-10-8-20-18-34-31(26(20)17-22)35-27-13-12-24-23-11-9-21-7-5-6-15-29(21,3)25(23)14-16-30(24,27)4/h8-10,17,23-25,27H,1,5-7,11-16,18H2,2-4H3,(H,32,33)/t23-,24-,25-,27-,29-,30-/m0/s1. The average Bonchev–Trinajstić information content (AvgIpc) is 3.39. The summed E-state index contributed by atoms with van der Waals surface area (Å²) in [6.45, 7) is 11.1. The summed E-state index contributed by atoms with van der Waals surface area (Å²) in [6, 6.07) is 6.01. The van der Waals surface area contributed by atoms with Crippen LogP contribution in [0.1, 0.15) is 84.1 Å². The third kappa shape index (κ3) is 3.76. The van der Waals surface area contributed by atoms with Gasteiger partial charge < -0.3 is 14.6 Å². The van der Waals surface area contributed by atoms with E-state index >= 15 is 0 Å². The number of hydrogen-bond donors (Lipinski definition) is 1. The number of benzene rings is 1. The first kappa shape index (κ1) is 23.5. The van der Waals surface area contributed by atoms with Crippen molar-refractivity contribution in [2.75, 3.05) is 5.32 Å². The van der Waals surface area contributed by atoms with Crippen molar-refractivity contribution in [3.8, 4) is 0 Å². The molecule has 1 aromatic rings. The molecule has 35 heavy (non-hydrogen) atoms. The van der Waals surface area contributed by atoms with Gasteiger partial charge in [0.15, 0.2) is 0 Å². The maximum Gasteiger partial charge on any atom is 0.494 e. The summed E-state index contributed by atoms with van der Waals surface area (Å²) in [5, 5.41) is 2.94. The zero-order chi connectivity index (χ0) is 24.4. The van der Waals surface area contributed by atoms with Gasteiger partial charge in [-0.15, -0.1) is 0 Å². The first-order valence-corrected chi connectivity index (χ1v) is 13.9. The molecule has 0 unspecified atom stereocenters. The number of rotatable bonds is 4. The fourth-order valence-corrected chi connectivity index (χ4v) is 8.65. The monoisotopic (exact) mass is 473 g/mol. The van der Waals surface area contributed by atoms with E-state index in [0.717, 1.165) is 40.9 Å². The Labute approximate surface area is 211 Å². The van der Waals surface area contributed by atoms with Crippen LogP contribution in [0.2, 0.25) is 0 Å². The summed E-state index contributed by atoms with van der Waals surface area (Å²) >= 11 is 0. The van der Waals surface area contributed by atoms with E-state index < -0.39 is 0 Å². The van der Waals surface area contributed by atoms with Crippen LogP contribution in [0.4, 0.5) is 5.69 Å². The molecular weight excluding hydrogens is 433 g/mol. The molecule has 0 spiro atoms. The highest BCUT2D eigenvalue weighted by Gasteiger charge is 2.59. The third-order valence-electron chi connectivity index (χ3n) is 10.7. The molecule has 1 heterocycles. The van der Waals surface area contributed by atoms with Crippen LogP contribution in [-0.4, -0.2) is 19.1 Å². The minimum atomic E-state index is -0.348. The van der Waals surface area contributed by atoms with Gasteiger partial charge in [0.25, 0.3) is 5.91 Å². The summed E-state index contributed by atoms with van der Waals surface area (Å²) in [6.07, 6.45) is 14.7. The van der Waals surface area contributed by atoms with Gasteiger partial charge in [0.05, 0.1) is 6.61 Å². The largest absolute Gasteiger partial charge is 0.494 e. The zero-order valence-corrected chi connectivity index (χ0v) is 21.7. The maximum absolute atomic E-state index is 12.1. The van der Waals surface area contributed by atoms with Gasteiger partial charge in [-0.2, -0.15) is 0 Å². The molecule has 4 nitrogen and oxygen atoms in total. The lowest BCUT2D eigenvalue weighted by atomic mass is 9.48. The number of amides is 1. The van der Waals surface area contributed by atoms with Crippen LogP contribution in [0, 0.1) is 28.6 Å². The first-order chi connectivity index (χ1) is 16.8. The molecule has 0 aromatic heterocycles. The molecule has 1 amide bonds.